The van der Waals surface area contributed by atoms with E-state index in [0.29, 0.717) is 6.41 Å². The summed E-state index contributed by atoms with van der Waals surface area (Å²) in [5.74, 6) is -0.445. The number of hydrogen-bond acceptors (Lipinski definition) is 5. The highest BCUT2D eigenvalue weighted by Crippen LogP contribution is 1.84. The minimum absolute atomic E-state index is 0.0372. The summed E-state index contributed by atoms with van der Waals surface area (Å²) in [5, 5.41) is 3.26. The van der Waals surface area contributed by atoms with Crippen LogP contribution in [0.2, 0.25) is 0 Å². The third-order valence-corrected chi connectivity index (χ3v) is 0.825. The van der Waals surface area contributed by atoms with Crippen LogP contribution in [0.15, 0.2) is 9.32 Å². The molecule has 0 bridgehead atoms. The molecule has 0 aromatic carbocycles. The van der Waals surface area contributed by atoms with Gasteiger partial charge in [0, 0.05) is 0 Å². The van der Waals surface area contributed by atoms with Crippen molar-refractivity contribution in [3.8, 4) is 0 Å². The Balaban J connectivity index is 2.38. The zero-order chi connectivity index (χ0) is 8.10. The maximum Gasteiger partial charge on any atom is 0.438 e. The maximum atomic E-state index is 10.3. The number of aromatic amines is 1. The van der Waals surface area contributed by atoms with Crippen molar-refractivity contribution in [1.82, 2.24) is 15.6 Å². The zero-order valence-electron chi connectivity index (χ0n) is 5.36. The quantitative estimate of drug-likeness (QED) is 0.318. The van der Waals surface area contributed by atoms with Gasteiger partial charge in [-0.3, -0.25) is 19.1 Å². The molecule has 11 heavy (non-hydrogen) atoms. The molecule has 0 aliphatic rings. The highest BCUT2D eigenvalue weighted by atomic mass is 16.6. The maximum absolute atomic E-state index is 10.3. The Morgan fingerprint density at radius 2 is 2.64 bits per heavy atom. The van der Waals surface area contributed by atoms with E-state index in [2.05, 4.69) is 19.5 Å². The molecule has 0 unspecified atom stereocenters. The highest BCUT2D eigenvalue weighted by molar-refractivity contribution is 5.43. The number of H-pyrrole nitrogens is 1. The van der Waals surface area contributed by atoms with Gasteiger partial charge in [0.15, 0.2) is 5.82 Å². The van der Waals surface area contributed by atoms with Gasteiger partial charge in [-0.1, -0.05) is 5.16 Å². The average Bonchev–Trinajstić information content (AvgIpc) is 2.37. The van der Waals surface area contributed by atoms with Crippen LogP contribution in [0.25, 0.3) is 0 Å². The SMILES string of the molecule is O=CNOCc1noc(=O)[nH]1. The molecule has 0 aliphatic heterocycles. The number of amides is 1. The second kappa shape index (κ2) is 3.52. The third kappa shape index (κ3) is 2.22. The van der Waals surface area contributed by atoms with Crippen LogP contribution >= 0.6 is 0 Å². The molecular formula is C4H5N3O4. The van der Waals surface area contributed by atoms with Crippen LogP contribution in [0.4, 0.5) is 0 Å². The summed E-state index contributed by atoms with van der Waals surface area (Å²) in [5.41, 5.74) is 1.92. The van der Waals surface area contributed by atoms with Crippen LogP contribution in [-0.2, 0) is 16.2 Å². The fourth-order valence-corrected chi connectivity index (χ4v) is 0.466. The minimum Gasteiger partial charge on any atom is -0.296 e. The Labute approximate surface area is 60.3 Å². The Morgan fingerprint density at radius 3 is 3.18 bits per heavy atom. The lowest BCUT2D eigenvalue weighted by Crippen LogP contribution is -2.12. The predicted octanol–water partition coefficient (Wildman–Crippen LogP) is -1.46. The first kappa shape index (κ1) is 7.48. The lowest BCUT2D eigenvalue weighted by Gasteiger charge is -1.93. The van der Waals surface area contributed by atoms with Gasteiger partial charge in [0.1, 0.15) is 6.61 Å². The molecule has 1 amide bonds. The monoisotopic (exact) mass is 159 g/mol. The summed E-state index contributed by atoms with van der Waals surface area (Å²) in [7, 11) is 0. The van der Waals surface area contributed by atoms with Crippen molar-refractivity contribution in [2.75, 3.05) is 0 Å². The number of rotatable bonds is 4. The van der Waals surface area contributed by atoms with Gasteiger partial charge < -0.3 is 0 Å². The van der Waals surface area contributed by atoms with E-state index in [0.717, 1.165) is 0 Å². The molecule has 7 heteroatoms. The molecule has 0 spiro atoms. The number of nitrogens with zero attached hydrogens (tertiary/aromatic N) is 1. The summed E-state index contributed by atoms with van der Waals surface area (Å²) < 4.78 is 4.14. The molecule has 0 aliphatic carbocycles. The smallest absolute Gasteiger partial charge is 0.296 e. The minimum atomic E-state index is -0.658. The molecular weight excluding hydrogens is 154 g/mol. The molecule has 0 fully saturated rings. The Morgan fingerprint density at radius 1 is 1.82 bits per heavy atom. The Bertz CT molecular complexity index is 277. The van der Waals surface area contributed by atoms with Gasteiger partial charge in [0.2, 0.25) is 6.41 Å². The van der Waals surface area contributed by atoms with Crippen LogP contribution in [0.3, 0.4) is 0 Å². The van der Waals surface area contributed by atoms with Gasteiger partial charge in [0.25, 0.3) is 0 Å². The van der Waals surface area contributed by atoms with Crippen LogP contribution in [-0.4, -0.2) is 16.6 Å². The molecule has 0 saturated heterocycles. The van der Waals surface area contributed by atoms with Crippen molar-refractivity contribution in [2.24, 2.45) is 0 Å². The standard InChI is InChI=1S/C4H5N3O4/c8-2-5-10-1-3-6-4(9)11-7-3/h2H,1H2,(H,5,8)(H,6,7,9). The average molecular weight is 159 g/mol. The number of carbonyl (C=O) groups excluding carboxylic acids is 1. The summed E-state index contributed by atoms with van der Waals surface area (Å²) >= 11 is 0. The largest absolute Gasteiger partial charge is 0.438 e. The molecule has 0 radical (unpaired) electrons. The van der Waals surface area contributed by atoms with E-state index in [4.69, 9.17) is 0 Å². The van der Waals surface area contributed by atoms with Gasteiger partial charge in [-0.25, -0.2) is 10.3 Å². The number of hydrogen-bond donors (Lipinski definition) is 2. The van der Waals surface area contributed by atoms with Gasteiger partial charge in [-0.15, -0.1) is 0 Å². The predicted molar refractivity (Wildman–Crippen MR) is 31.1 cm³/mol. The fourth-order valence-electron chi connectivity index (χ4n) is 0.466. The first-order valence-electron chi connectivity index (χ1n) is 2.69. The molecule has 1 heterocycles. The van der Waals surface area contributed by atoms with Crippen LogP contribution in [0.5, 0.6) is 0 Å². The zero-order valence-corrected chi connectivity index (χ0v) is 5.36. The molecule has 1 aromatic heterocycles. The summed E-state index contributed by atoms with van der Waals surface area (Å²) in [6, 6.07) is 0. The molecule has 2 N–H and O–H groups in total. The summed E-state index contributed by atoms with van der Waals surface area (Å²) in [4.78, 5) is 26.6. The Kier molecular flexibility index (Phi) is 2.39. The molecule has 1 rings (SSSR count). The van der Waals surface area contributed by atoms with E-state index in [1.165, 1.54) is 0 Å². The van der Waals surface area contributed by atoms with Crippen molar-refractivity contribution in [3.05, 3.63) is 16.4 Å². The molecule has 7 nitrogen and oxygen atoms in total. The normalized spacial score (nSPS) is 9.45. The van der Waals surface area contributed by atoms with Crippen molar-refractivity contribution < 1.29 is 14.2 Å². The second-order valence-electron chi connectivity index (χ2n) is 1.57. The molecule has 1 aromatic rings. The first-order valence-corrected chi connectivity index (χ1v) is 2.69. The van der Waals surface area contributed by atoms with Crippen LogP contribution < -0.4 is 11.2 Å². The number of hydroxylamine groups is 1. The van der Waals surface area contributed by atoms with Crippen molar-refractivity contribution in [3.63, 3.8) is 0 Å². The van der Waals surface area contributed by atoms with E-state index < -0.39 is 5.76 Å². The lowest BCUT2D eigenvalue weighted by atomic mass is 10.7. The molecule has 0 atom stereocenters. The van der Waals surface area contributed by atoms with E-state index in [9.17, 15) is 9.59 Å². The van der Waals surface area contributed by atoms with Gasteiger partial charge >= 0.3 is 5.76 Å². The van der Waals surface area contributed by atoms with Crippen molar-refractivity contribution in [1.29, 1.82) is 0 Å². The van der Waals surface area contributed by atoms with E-state index in [1.807, 2.05) is 5.48 Å². The number of carbonyl (C=O) groups is 1. The van der Waals surface area contributed by atoms with Crippen LogP contribution in [0.1, 0.15) is 5.82 Å². The lowest BCUT2D eigenvalue weighted by molar-refractivity contribution is -0.121. The molecule has 0 saturated carbocycles. The molecule has 60 valence electrons. The van der Waals surface area contributed by atoms with Crippen molar-refractivity contribution >= 4 is 6.41 Å². The van der Waals surface area contributed by atoms with E-state index in [-0.39, 0.29) is 12.4 Å². The van der Waals surface area contributed by atoms with Crippen LogP contribution in [0, 0.1) is 0 Å². The van der Waals surface area contributed by atoms with Gasteiger partial charge in [-0.05, 0) is 0 Å². The summed E-state index contributed by atoms with van der Waals surface area (Å²) in [6.07, 6.45) is 0.359. The first-order chi connectivity index (χ1) is 5.33. The van der Waals surface area contributed by atoms with E-state index in [1.54, 1.807) is 0 Å². The number of nitrogens with one attached hydrogen (secondary N) is 2. The third-order valence-electron chi connectivity index (χ3n) is 0.825. The topological polar surface area (TPSA) is 97.2 Å². The summed E-state index contributed by atoms with van der Waals surface area (Å²) in [6.45, 7) is -0.0372. The Hall–Kier alpha value is -1.63. The van der Waals surface area contributed by atoms with Gasteiger partial charge in [0.05, 0.1) is 0 Å². The van der Waals surface area contributed by atoms with Gasteiger partial charge in [-0.2, -0.15) is 0 Å². The highest BCUT2D eigenvalue weighted by Gasteiger charge is 1.98. The fraction of sp³-hybridized carbons (Fsp3) is 0.250. The number of aromatic nitrogens is 2. The van der Waals surface area contributed by atoms with E-state index >= 15 is 0 Å². The van der Waals surface area contributed by atoms with Crippen molar-refractivity contribution in [2.45, 2.75) is 6.61 Å². The second-order valence-corrected chi connectivity index (χ2v) is 1.57.